The van der Waals surface area contributed by atoms with Crippen molar-refractivity contribution in [1.82, 2.24) is 0 Å². The number of carboxylic acid groups (broad SMARTS) is 1. The topological polar surface area (TPSA) is 54.4 Å². The molecule has 3 aromatic rings. The Balaban J connectivity index is 0.000000282. The summed E-state index contributed by atoms with van der Waals surface area (Å²) in [6.45, 7) is 3.59. The first-order chi connectivity index (χ1) is 10.0. The van der Waals surface area contributed by atoms with Crippen LogP contribution in [-0.2, 0) is 4.79 Å². The Morgan fingerprint density at radius 2 is 1.71 bits per heavy atom. The number of aryl methyl sites for hydroxylation is 1. The van der Waals surface area contributed by atoms with Gasteiger partial charge in [-0.15, -0.1) is 11.3 Å². The maximum atomic E-state index is 12.3. The number of hydrogen-bond donors (Lipinski definition) is 1. The summed E-state index contributed by atoms with van der Waals surface area (Å²) in [5, 5.41) is 9.42. The molecule has 1 N–H and O–H groups in total. The molecule has 1 aromatic heterocycles. The summed E-state index contributed by atoms with van der Waals surface area (Å²) in [6.07, 6.45) is 0.222. The number of benzene rings is 2. The van der Waals surface area contributed by atoms with Crippen molar-refractivity contribution >= 4 is 37.5 Å². The third-order valence-electron chi connectivity index (χ3n) is 3.12. The van der Waals surface area contributed by atoms with Gasteiger partial charge in [-0.2, -0.15) is 0 Å². The van der Waals surface area contributed by atoms with Gasteiger partial charge in [-0.25, -0.2) is 0 Å². The highest BCUT2D eigenvalue weighted by molar-refractivity contribution is 7.24. The van der Waals surface area contributed by atoms with E-state index in [1.807, 2.05) is 49.4 Å². The molecule has 0 bridgehead atoms. The van der Waals surface area contributed by atoms with Crippen molar-refractivity contribution < 1.29 is 9.90 Å². The van der Waals surface area contributed by atoms with E-state index < -0.39 is 5.97 Å². The number of fused-ring (bicyclic) bond motifs is 2. The molecule has 0 spiro atoms. The molecule has 0 unspecified atom stereocenters. The molecule has 2 aromatic carbocycles. The highest BCUT2D eigenvalue weighted by atomic mass is 32.1. The number of hydrogen-bond acceptors (Lipinski definition) is 3. The summed E-state index contributed by atoms with van der Waals surface area (Å²) in [4.78, 5) is 21.7. The van der Waals surface area contributed by atoms with Gasteiger partial charge < -0.3 is 5.11 Å². The zero-order chi connectivity index (χ0) is 15.4. The van der Waals surface area contributed by atoms with Gasteiger partial charge in [0.2, 0.25) is 0 Å². The highest BCUT2D eigenvalue weighted by Gasteiger charge is 2.06. The summed E-state index contributed by atoms with van der Waals surface area (Å²) in [7, 11) is 0. The lowest BCUT2D eigenvalue weighted by Gasteiger charge is -2.02. The first-order valence-corrected chi connectivity index (χ1v) is 7.49. The van der Waals surface area contributed by atoms with Gasteiger partial charge in [0.15, 0.2) is 5.43 Å². The minimum Gasteiger partial charge on any atom is -0.481 e. The van der Waals surface area contributed by atoms with Crippen LogP contribution in [0.4, 0.5) is 0 Å². The monoisotopic (exact) mass is 300 g/mol. The molecule has 0 radical (unpaired) electrons. The van der Waals surface area contributed by atoms with Crippen molar-refractivity contribution in [2.24, 2.45) is 0 Å². The molecule has 3 rings (SSSR count). The molecule has 0 atom stereocenters. The Hall–Kier alpha value is -2.20. The van der Waals surface area contributed by atoms with Crippen LogP contribution in [0.3, 0.4) is 0 Å². The molecule has 1 heterocycles. The SMILES string of the molecule is CCC(=O)O.Cc1cccc2sc3ccccc3c(=O)c12. The lowest BCUT2D eigenvalue weighted by atomic mass is 10.1. The molecular weight excluding hydrogens is 284 g/mol. The second kappa shape index (κ2) is 6.50. The van der Waals surface area contributed by atoms with Crippen molar-refractivity contribution in [2.45, 2.75) is 20.3 Å². The van der Waals surface area contributed by atoms with E-state index in [0.29, 0.717) is 0 Å². The van der Waals surface area contributed by atoms with Crippen LogP contribution in [0.25, 0.3) is 20.2 Å². The molecule has 3 nitrogen and oxygen atoms in total. The number of carbonyl (C=O) groups is 1. The molecular formula is C17H16O3S. The van der Waals surface area contributed by atoms with E-state index >= 15 is 0 Å². The third kappa shape index (κ3) is 3.28. The van der Waals surface area contributed by atoms with Crippen molar-refractivity contribution in [2.75, 3.05) is 0 Å². The van der Waals surface area contributed by atoms with Gasteiger partial charge in [0, 0.05) is 26.6 Å². The standard InChI is InChI=1S/C14H10OS.C3H6O2/c1-9-5-4-8-12-13(9)14(15)10-6-2-3-7-11(10)16-12;1-2-3(4)5/h2-8H,1H3;2H2,1H3,(H,4,5). The Morgan fingerprint density at radius 3 is 2.38 bits per heavy atom. The van der Waals surface area contributed by atoms with E-state index in [0.717, 1.165) is 25.7 Å². The van der Waals surface area contributed by atoms with E-state index in [1.165, 1.54) is 0 Å². The zero-order valence-corrected chi connectivity index (χ0v) is 12.7. The van der Waals surface area contributed by atoms with Crippen LogP contribution in [0.5, 0.6) is 0 Å². The maximum Gasteiger partial charge on any atom is 0.303 e. The molecule has 0 amide bonds. The average Bonchev–Trinajstić information content (AvgIpc) is 2.48. The molecule has 21 heavy (non-hydrogen) atoms. The molecule has 0 aliphatic carbocycles. The summed E-state index contributed by atoms with van der Waals surface area (Å²) in [5.41, 5.74) is 1.21. The van der Waals surface area contributed by atoms with Crippen LogP contribution >= 0.6 is 11.3 Å². The van der Waals surface area contributed by atoms with Gasteiger partial charge in [-0.05, 0) is 30.7 Å². The van der Waals surface area contributed by atoms with Crippen molar-refractivity contribution in [3.63, 3.8) is 0 Å². The largest absolute Gasteiger partial charge is 0.481 e. The first-order valence-electron chi connectivity index (χ1n) is 6.67. The molecule has 0 aliphatic heterocycles. The lowest BCUT2D eigenvalue weighted by molar-refractivity contribution is -0.136. The van der Waals surface area contributed by atoms with Crippen LogP contribution in [0.2, 0.25) is 0 Å². The average molecular weight is 300 g/mol. The fourth-order valence-electron chi connectivity index (χ4n) is 2.01. The van der Waals surface area contributed by atoms with E-state index in [2.05, 4.69) is 0 Å². The fourth-order valence-corrected chi connectivity index (χ4v) is 3.17. The Kier molecular flexibility index (Phi) is 4.70. The van der Waals surface area contributed by atoms with Gasteiger partial charge in [-0.3, -0.25) is 9.59 Å². The van der Waals surface area contributed by atoms with Crippen LogP contribution in [0, 0.1) is 6.92 Å². The number of aliphatic carboxylic acids is 1. The van der Waals surface area contributed by atoms with Crippen molar-refractivity contribution in [3.8, 4) is 0 Å². The number of rotatable bonds is 1. The first kappa shape index (κ1) is 15.2. The second-order valence-corrected chi connectivity index (χ2v) is 5.71. The molecule has 108 valence electrons. The predicted molar refractivity (Wildman–Crippen MR) is 88.3 cm³/mol. The van der Waals surface area contributed by atoms with Crippen LogP contribution < -0.4 is 5.43 Å². The zero-order valence-electron chi connectivity index (χ0n) is 11.9. The second-order valence-electron chi connectivity index (χ2n) is 4.62. The molecule has 0 aliphatic rings. The molecule has 0 saturated heterocycles. The van der Waals surface area contributed by atoms with Gasteiger partial charge in [0.05, 0.1) is 0 Å². The predicted octanol–water partition coefficient (Wildman–Crippen LogP) is 4.20. The Bertz CT molecular complexity index is 849. The Morgan fingerprint density at radius 1 is 1.10 bits per heavy atom. The van der Waals surface area contributed by atoms with E-state index in [4.69, 9.17) is 5.11 Å². The minimum atomic E-state index is -0.745. The summed E-state index contributed by atoms with van der Waals surface area (Å²) < 4.78 is 2.13. The van der Waals surface area contributed by atoms with E-state index in [1.54, 1.807) is 18.3 Å². The normalized spacial score (nSPS) is 10.2. The van der Waals surface area contributed by atoms with Crippen LogP contribution in [0.15, 0.2) is 47.3 Å². The fraction of sp³-hybridized carbons (Fsp3) is 0.176. The number of carboxylic acids is 1. The van der Waals surface area contributed by atoms with Crippen LogP contribution in [-0.4, -0.2) is 11.1 Å². The Labute approximate surface area is 126 Å². The van der Waals surface area contributed by atoms with Gasteiger partial charge >= 0.3 is 5.97 Å². The molecule has 0 fully saturated rings. The quantitative estimate of drug-likeness (QED) is 0.685. The van der Waals surface area contributed by atoms with Crippen molar-refractivity contribution in [3.05, 3.63) is 58.3 Å². The summed E-state index contributed by atoms with van der Waals surface area (Å²) in [6, 6.07) is 13.8. The smallest absolute Gasteiger partial charge is 0.303 e. The van der Waals surface area contributed by atoms with E-state index in [9.17, 15) is 9.59 Å². The van der Waals surface area contributed by atoms with Crippen LogP contribution in [0.1, 0.15) is 18.9 Å². The molecule has 4 heteroatoms. The van der Waals surface area contributed by atoms with Gasteiger partial charge in [0.25, 0.3) is 0 Å². The molecule has 0 saturated carbocycles. The maximum absolute atomic E-state index is 12.3. The van der Waals surface area contributed by atoms with Crippen molar-refractivity contribution in [1.29, 1.82) is 0 Å². The van der Waals surface area contributed by atoms with Gasteiger partial charge in [-0.1, -0.05) is 31.2 Å². The van der Waals surface area contributed by atoms with Gasteiger partial charge in [0.1, 0.15) is 0 Å². The minimum absolute atomic E-state index is 0.155. The third-order valence-corrected chi connectivity index (χ3v) is 4.25. The lowest BCUT2D eigenvalue weighted by Crippen LogP contribution is -2.02. The summed E-state index contributed by atoms with van der Waals surface area (Å²) >= 11 is 1.68. The highest BCUT2D eigenvalue weighted by Crippen LogP contribution is 2.25. The summed E-state index contributed by atoms with van der Waals surface area (Å²) in [5.74, 6) is -0.745. The van der Waals surface area contributed by atoms with E-state index in [-0.39, 0.29) is 11.8 Å².